The Morgan fingerprint density at radius 1 is 1.25 bits per heavy atom. The molecule has 1 fully saturated rings. The molecule has 0 aliphatic carbocycles. The van der Waals surface area contributed by atoms with E-state index in [2.05, 4.69) is 41.8 Å². The first-order valence-electron chi connectivity index (χ1n) is 8.03. The van der Waals surface area contributed by atoms with Gasteiger partial charge in [-0.3, -0.25) is 0 Å². The molecule has 0 aromatic heterocycles. The zero-order chi connectivity index (χ0) is 13.8. The Balaban J connectivity index is 1.52. The van der Waals surface area contributed by atoms with Gasteiger partial charge in [0.2, 0.25) is 0 Å². The van der Waals surface area contributed by atoms with E-state index in [4.69, 9.17) is 4.74 Å². The first-order valence-corrected chi connectivity index (χ1v) is 8.03. The fourth-order valence-electron chi connectivity index (χ4n) is 3.58. The van der Waals surface area contributed by atoms with Gasteiger partial charge in [0.25, 0.3) is 0 Å². The largest absolute Gasteiger partial charge is 0.385 e. The Bertz CT molecular complexity index is 435. The lowest BCUT2D eigenvalue weighted by molar-refractivity contribution is 0.0872. The number of ether oxygens (including phenoxy) is 1. The van der Waals surface area contributed by atoms with Crippen LogP contribution in [0.1, 0.15) is 37.7 Å². The molecule has 2 aliphatic rings. The van der Waals surface area contributed by atoms with Crippen LogP contribution in [0, 0.1) is 5.92 Å². The Kier molecular flexibility index (Phi) is 4.58. The topological polar surface area (TPSA) is 33.3 Å². The van der Waals surface area contributed by atoms with Crippen LogP contribution in [-0.4, -0.2) is 32.3 Å². The molecule has 110 valence electrons. The Morgan fingerprint density at radius 2 is 2.15 bits per heavy atom. The molecule has 3 atom stereocenters. The van der Waals surface area contributed by atoms with Crippen molar-refractivity contribution in [3.8, 4) is 0 Å². The number of fused-ring (bicyclic) bond motifs is 1. The molecule has 0 amide bonds. The van der Waals surface area contributed by atoms with Crippen molar-refractivity contribution < 1.29 is 4.74 Å². The van der Waals surface area contributed by atoms with Gasteiger partial charge in [0.05, 0.1) is 6.10 Å². The van der Waals surface area contributed by atoms with E-state index in [1.54, 1.807) is 0 Å². The second-order valence-electron chi connectivity index (χ2n) is 6.02. The SMILES string of the molecule is CCC1OCCC1CNCC1CCNc2ccccc21. The third-order valence-corrected chi connectivity index (χ3v) is 4.75. The second-order valence-corrected chi connectivity index (χ2v) is 6.02. The van der Waals surface area contributed by atoms with Crippen LogP contribution < -0.4 is 10.6 Å². The van der Waals surface area contributed by atoms with Crippen molar-refractivity contribution in [2.24, 2.45) is 5.92 Å². The number of nitrogens with one attached hydrogen (secondary N) is 2. The lowest BCUT2D eigenvalue weighted by Gasteiger charge is -2.27. The molecule has 20 heavy (non-hydrogen) atoms. The van der Waals surface area contributed by atoms with Crippen molar-refractivity contribution in [1.29, 1.82) is 0 Å². The first-order chi connectivity index (χ1) is 9.88. The van der Waals surface area contributed by atoms with Crippen LogP contribution in [0.2, 0.25) is 0 Å². The minimum absolute atomic E-state index is 0.475. The molecular formula is C17H26N2O. The minimum Gasteiger partial charge on any atom is -0.385 e. The minimum atomic E-state index is 0.475. The highest BCUT2D eigenvalue weighted by atomic mass is 16.5. The third kappa shape index (κ3) is 2.99. The molecule has 2 N–H and O–H groups in total. The van der Waals surface area contributed by atoms with E-state index in [1.807, 2.05) is 0 Å². The van der Waals surface area contributed by atoms with Crippen LogP contribution in [-0.2, 0) is 4.74 Å². The normalized spacial score (nSPS) is 28.9. The number of para-hydroxylation sites is 1. The molecule has 0 radical (unpaired) electrons. The van der Waals surface area contributed by atoms with Gasteiger partial charge in [-0.1, -0.05) is 25.1 Å². The molecule has 1 saturated heterocycles. The van der Waals surface area contributed by atoms with Crippen molar-refractivity contribution in [2.75, 3.05) is 31.6 Å². The standard InChI is InChI=1S/C17H26N2O/c1-2-17-14(8-10-20-17)12-18-11-13-7-9-19-16-6-4-3-5-15(13)16/h3-6,13-14,17-19H,2,7-12H2,1H3. The highest BCUT2D eigenvalue weighted by molar-refractivity contribution is 5.54. The Hall–Kier alpha value is -1.06. The van der Waals surface area contributed by atoms with Gasteiger partial charge in [0.15, 0.2) is 0 Å². The van der Waals surface area contributed by atoms with E-state index in [0.29, 0.717) is 17.9 Å². The van der Waals surface area contributed by atoms with Crippen molar-refractivity contribution in [2.45, 2.75) is 38.2 Å². The maximum absolute atomic E-state index is 5.76. The van der Waals surface area contributed by atoms with Crippen molar-refractivity contribution in [3.05, 3.63) is 29.8 Å². The molecule has 3 rings (SSSR count). The molecule has 3 unspecified atom stereocenters. The predicted molar refractivity (Wildman–Crippen MR) is 83.3 cm³/mol. The average Bonchev–Trinajstić information content (AvgIpc) is 2.95. The summed E-state index contributed by atoms with van der Waals surface area (Å²) in [5.41, 5.74) is 2.79. The molecule has 0 spiro atoms. The number of benzene rings is 1. The monoisotopic (exact) mass is 274 g/mol. The fourth-order valence-corrected chi connectivity index (χ4v) is 3.58. The second kappa shape index (κ2) is 6.59. The maximum atomic E-state index is 5.76. The maximum Gasteiger partial charge on any atom is 0.0613 e. The van der Waals surface area contributed by atoms with E-state index in [1.165, 1.54) is 24.1 Å². The summed E-state index contributed by atoms with van der Waals surface area (Å²) in [5, 5.41) is 7.19. The van der Waals surface area contributed by atoms with E-state index >= 15 is 0 Å². The number of hydrogen-bond acceptors (Lipinski definition) is 3. The summed E-state index contributed by atoms with van der Waals surface area (Å²) in [5.74, 6) is 1.35. The third-order valence-electron chi connectivity index (χ3n) is 4.75. The summed E-state index contributed by atoms with van der Waals surface area (Å²) in [7, 11) is 0. The van der Waals surface area contributed by atoms with Crippen LogP contribution in [0.25, 0.3) is 0 Å². The van der Waals surface area contributed by atoms with Crippen LogP contribution in [0.4, 0.5) is 5.69 Å². The molecule has 3 heteroatoms. The highest BCUT2D eigenvalue weighted by Crippen LogP contribution is 2.31. The average molecular weight is 274 g/mol. The van der Waals surface area contributed by atoms with Gasteiger partial charge < -0.3 is 15.4 Å². The predicted octanol–water partition coefficient (Wildman–Crippen LogP) is 2.99. The van der Waals surface area contributed by atoms with Gasteiger partial charge in [-0.05, 0) is 36.8 Å². The lowest BCUT2D eigenvalue weighted by Crippen LogP contribution is -2.32. The summed E-state index contributed by atoms with van der Waals surface area (Å²) in [6, 6.07) is 8.72. The van der Waals surface area contributed by atoms with E-state index in [-0.39, 0.29) is 0 Å². The summed E-state index contributed by atoms with van der Waals surface area (Å²) in [6.45, 7) is 6.46. The fraction of sp³-hybridized carbons (Fsp3) is 0.647. The van der Waals surface area contributed by atoms with Crippen LogP contribution in [0.15, 0.2) is 24.3 Å². The quantitative estimate of drug-likeness (QED) is 0.866. The van der Waals surface area contributed by atoms with E-state index in [0.717, 1.165) is 32.7 Å². The van der Waals surface area contributed by atoms with Crippen molar-refractivity contribution in [3.63, 3.8) is 0 Å². The van der Waals surface area contributed by atoms with Crippen LogP contribution in [0.3, 0.4) is 0 Å². The molecule has 2 heterocycles. The summed E-state index contributed by atoms with van der Waals surface area (Å²) >= 11 is 0. The summed E-state index contributed by atoms with van der Waals surface area (Å²) in [4.78, 5) is 0. The van der Waals surface area contributed by atoms with Crippen LogP contribution >= 0.6 is 0 Å². The molecule has 0 bridgehead atoms. The molecule has 3 nitrogen and oxygen atoms in total. The Morgan fingerprint density at radius 3 is 3.05 bits per heavy atom. The molecule has 0 saturated carbocycles. The van der Waals surface area contributed by atoms with Gasteiger partial charge >= 0.3 is 0 Å². The van der Waals surface area contributed by atoms with Crippen LogP contribution in [0.5, 0.6) is 0 Å². The van der Waals surface area contributed by atoms with E-state index < -0.39 is 0 Å². The molecule has 1 aromatic carbocycles. The number of hydrogen-bond donors (Lipinski definition) is 2. The van der Waals surface area contributed by atoms with E-state index in [9.17, 15) is 0 Å². The zero-order valence-corrected chi connectivity index (χ0v) is 12.4. The van der Waals surface area contributed by atoms with Gasteiger partial charge in [0, 0.05) is 37.8 Å². The number of anilines is 1. The molecule has 1 aromatic rings. The number of rotatable bonds is 5. The van der Waals surface area contributed by atoms with Gasteiger partial charge in [-0.25, -0.2) is 0 Å². The van der Waals surface area contributed by atoms with Crippen molar-refractivity contribution in [1.82, 2.24) is 5.32 Å². The first kappa shape index (κ1) is 13.9. The summed E-state index contributed by atoms with van der Waals surface area (Å²) in [6.07, 6.45) is 4.06. The van der Waals surface area contributed by atoms with Gasteiger partial charge in [-0.15, -0.1) is 0 Å². The summed E-state index contributed by atoms with van der Waals surface area (Å²) < 4.78 is 5.76. The molecular weight excluding hydrogens is 248 g/mol. The van der Waals surface area contributed by atoms with Crippen molar-refractivity contribution >= 4 is 5.69 Å². The highest BCUT2D eigenvalue weighted by Gasteiger charge is 2.26. The van der Waals surface area contributed by atoms with Gasteiger partial charge in [0.1, 0.15) is 0 Å². The zero-order valence-electron chi connectivity index (χ0n) is 12.4. The Labute approximate surface area is 122 Å². The van der Waals surface area contributed by atoms with Gasteiger partial charge in [-0.2, -0.15) is 0 Å². The lowest BCUT2D eigenvalue weighted by atomic mass is 9.90. The molecule has 2 aliphatic heterocycles. The smallest absolute Gasteiger partial charge is 0.0613 e.